The predicted octanol–water partition coefficient (Wildman–Crippen LogP) is 5.66. The van der Waals surface area contributed by atoms with Gasteiger partial charge in [-0.15, -0.1) is 0 Å². The Labute approximate surface area is 157 Å². The SMILES string of the molecule is CCCCCCCCOc1c(CCCCCC)cc(O)c(O)c1C(=O)O. The molecule has 5 heteroatoms. The summed E-state index contributed by atoms with van der Waals surface area (Å²) in [4.78, 5) is 11.6. The molecule has 3 N–H and O–H groups in total. The minimum absolute atomic E-state index is 0.206. The quantitative estimate of drug-likeness (QED) is 0.292. The third-order valence-corrected chi connectivity index (χ3v) is 4.57. The van der Waals surface area contributed by atoms with Crippen LogP contribution in [0.4, 0.5) is 0 Å². The largest absolute Gasteiger partial charge is 0.504 e. The van der Waals surface area contributed by atoms with Gasteiger partial charge in [0.25, 0.3) is 0 Å². The van der Waals surface area contributed by atoms with Gasteiger partial charge >= 0.3 is 5.97 Å². The summed E-state index contributed by atoms with van der Waals surface area (Å²) in [6.45, 7) is 4.72. The Bertz CT molecular complexity index is 554. The molecule has 0 atom stereocenters. The Morgan fingerprint density at radius 2 is 1.50 bits per heavy atom. The van der Waals surface area contributed by atoms with Crippen molar-refractivity contribution in [3.05, 3.63) is 17.2 Å². The Hall–Kier alpha value is -1.91. The average Bonchev–Trinajstić information content (AvgIpc) is 2.61. The minimum Gasteiger partial charge on any atom is -0.504 e. The van der Waals surface area contributed by atoms with E-state index in [2.05, 4.69) is 13.8 Å². The van der Waals surface area contributed by atoms with Crippen LogP contribution in [0.5, 0.6) is 17.2 Å². The van der Waals surface area contributed by atoms with Gasteiger partial charge in [-0.3, -0.25) is 0 Å². The molecule has 0 radical (unpaired) electrons. The van der Waals surface area contributed by atoms with Gasteiger partial charge in [0.05, 0.1) is 6.61 Å². The number of hydrogen-bond donors (Lipinski definition) is 3. The normalized spacial score (nSPS) is 10.8. The zero-order valence-corrected chi connectivity index (χ0v) is 16.2. The summed E-state index contributed by atoms with van der Waals surface area (Å²) < 4.78 is 5.78. The van der Waals surface area contributed by atoms with E-state index in [1.807, 2.05) is 0 Å². The van der Waals surface area contributed by atoms with Crippen molar-refractivity contribution < 1.29 is 24.9 Å². The monoisotopic (exact) mass is 366 g/mol. The fraction of sp³-hybridized carbons (Fsp3) is 0.667. The van der Waals surface area contributed by atoms with Gasteiger partial charge in [-0.2, -0.15) is 0 Å². The predicted molar refractivity (Wildman–Crippen MR) is 103 cm³/mol. The first-order valence-electron chi connectivity index (χ1n) is 9.96. The van der Waals surface area contributed by atoms with Gasteiger partial charge in [-0.05, 0) is 30.9 Å². The smallest absolute Gasteiger partial charge is 0.343 e. The lowest BCUT2D eigenvalue weighted by atomic mass is 10.0. The van der Waals surface area contributed by atoms with Crippen LogP contribution >= 0.6 is 0 Å². The molecule has 1 aromatic carbocycles. The van der Waals surface area contributed by atoms with Crippen LogP contribution in [-0.4, -0.2) is 27.9 Å². The molecule has 0 unspecified atom stereocenters. The van der Waals surface area contributed by atoms with Crippen LogP contribution in [-0.2, 0) is 6.42 Å². The molecule has 0 heterocycles. The van der Waals surface area contributed by atoms with Gasteiger partial charge in [0.1, 0.15) is 11.3 Å². The molecule has 0 aliphatic carbocycles. The van der Waals surface area contributed by atoms with Crippen molar-refractivity contribution in [2.24, 2.45) is 0 Å². The van der Waals surface area contributed by atoms with Crippen LogP contribution in [0.2, 0.25) is 0 Å². The molecule has 0 fully saturated rings. The number of unbranched alkanes of at least 4 members (excludes halogenated alkanes) is 8. The topological polar surface area (TPSA) is 87.0 Å². The number of benzene rings is 1. The van der Waals surface area contributed by atoms with Crippen molar-refractivity contribution in [2.75, 3.05) is 6.61 Å². The van der Waals surface area contributed by atoms with Crippen LogP contribution in [0, 0.1) is 0 Å². The zero-order valence-electron chi connectivity index (χ0n) is 16.2. The van der Waals surface area contributed by atoms with Gasteiger partial charge < -0.3 is 20.1 Å². The number of phenolic OH excluding ortho intramolecular Hbond substituents is 1. The molecule has 0 saturated heterocycles. The molecule has 0 aliphatic rings. The Balaban J connectivity index is 2.80. The third kappa shape index (κ3) is 7.14. The van der Waals surface area contributed by atoms with Crippen molar-refractivity contribution >= 4 is 5.97 Å². The van der Waals surface area contributed by atoms with Crippen molar-refractivity contribution in [2.45, 2.75) is 84.5 Å². The number of rotatable bonds is 14. The average molecular weight is 366 g/mol. The maximum absolute atomic E-state index is 11.6. The number of ether oxygens (including phenoxy) is 1. The minimum atomic E-state index is -1.29. The summed E-state index contributed by atoms with van der Waals surface area (Å²) in [5.41, 5.74) is 0.321. The summed E-state index contributed by atoms with van der Waals surface area (Å²) >= 11 is 0. The molecule has 1 aromatic rings. The van der Waals surface area contributed by atoms with E-state index in [9.17, 15) is 20.1 Å². The number of phenols is 2. The third-order valence-electron chi connectivity index (χ3n) is 4.57. The molecule has 0 aliphatic heterocycles. The fourth-order valence-electron chi connectivity index (χ4n) is 3.04. The number of aromatic carboxylic acids is 1. The highest BCUT2D eigenvalue weighted by molar-refractivity contribution is 5.95. The van der Waals surface area contributed by atoms with Crippen LogP contribution in [0.15, 0.2) is 6.07 Å². The Morgan fingerprint density at radius 1 is 0.923 bits per heavy atom. The first-order chi connectivity index (χ1) is 12.5. The highest BCUT2D eigenvalue weighted by Crippen LogP contribution is 2.40. The second-order valence-corrected chi connectivity index (χ2v) is 6.84. The van der Waals surface area contributed by atoms with E-state index in [0.717, 1.165) is 44.9 Å². The molecule has 0 saturated carbocycles. The molecule has 0 spiro atoms. The number of aryl methyl sites for hydroxylation is 1. The van der Waals surface area contributed by atoms with Crippen molar-refractivity contribution in [3.63, 3.8) is 0 Å². The molecule has 0 bridgehead atoms. The summed E-state index contributed by atoms with van der Waals surface area (Å²) in [6, 6.07) is 1.43. The van der Waals surface area contributed by atoms with Gasteiger partial charge in [-0.25, -0.2) is 4.79 Å². The van der Waals surface area contributed by atoms with Gasteiger partial charge in [0.2, 0.25) is 0 Å². The van der Waals surface area contributed by atoms with E-state index in [-0.39, 0.29) is 11.3 Å². The summed E-state index contributed by atoms with van der Waals surface area (Å²) in [6.07, 6.45) is 11.5. The molecule has 26 heavy (non-hydrogen) atoms. The van der Waals surface area contributed by atoms with Gasteiger partial charge in [-0.1, -0.05) is 65.2 Å². The molecule has 0 aromatic heterocycles. The lowest BCUT2D eigenvalue weighted by Gasteiger charge is -2.16. The molecule has 1 rings (SSSR count). The van der Waals surface area contributed by atoms with Crippen LogP contribution in [0.1, 0.15) is 94.0 Å². The number of carboxylic acids is 1. The standard InChI is InChI=1S/C21H34O5/c1-3-5-7-9-10-12-14-26-20-16(13-11-8-6-4-2)15-17(22)19(23)18(20)21(24)25/h15,22-23H,3-14H2,1-2H3,(H,24,25). The molecule has 148 valence electrons. The van der Waals surface area contributed by atoms with Crippen molar-refractivity contribution in [3.8, 4) is 17.2 Å². The van der Waals surface area contributed by atoms with E-state index < -0.39 is 17.5 Å². The maximum atomic E-state index is 11.6. The van der Waals surface area contributed by atoms with E-state index in [0.29, 0.717) is 18.6 Å². The maximum Gasteiger partial charge on any atom is 0.343 e. The molecule has 0 amide bonds. The van der Waals surface area contributed by atoms with Crippen LogP contribution in [0.3, 0.4) is 0 Å². The van der Waals surface area contributed by atoms with Crippen LogP contribution < -0.4 is 4.74 Å². The molecular formula is C21H34O5. The van der Waals surface area contributed by atoms with Crippen LogP contribution in [0.25, 0.3) is 0 Å². The van der Waals surface area contributed by atoms with E-state index in [4.69, 9.17) is 4.74 Å². The Morgan fingerprint density at radius 3 is 2.12 bits per heavy atom. The lowest BCUT2D eigenvalue weighted by Crippen LogP contribution is -2.08. The lowest BCUT2D eigenvalue weighted by molar-refractivity contribution is 0.0687. The highest BCUT2D eigenvalue weighted by Gasteiger charge is 2.24. The molecule has 5 nitrogen and oxygen atoms in total. The fourth-order valence-corrected chi connectivity index (χ4v) is 3.04. The van der Waals surface area contributed by atoms with E-state index >= 15 is 0 Å². The van der Waals surface area contributed by atoms with Gasteiger partial charge in [0, 0.05) is 0 Å². The number of carboxylic acid groups (broad SMARTS) is 1. The second kappa shape index (κ2) is 12.4. The van der Waals surface area contributed by atoms with E-state index in [1.54, 1.807) is 0 Å². The zero-order chi connectivity index (χ0) is 19.4. The summed E-state index contributed by atoms with van der Waals surface area (Å²) in [5.74, 6) is -2.10. The Kier molecular flexibility index (Phi) is 10.6. The first kappa shape index (κ1) is 22.1. The first-order valence-corrected chi connectivity index (χ1v) is 9.96. The van der Waals surface area contributed by atoms with Crippen molar-refractivity contribution in [1.29, 1.82) is 0 Å². The summed E-state index contributed by atoms with van der Waals surface area (Å²) in [7, 11) is 0. The van der Waals surface area contributed by atoms with E-state index in [1.165, 1.54) is 25.3 Å². The summed E-state index contributed by atoms with van der Waals surface area (Å²) in [5, 5.41) is 29.3. The second-order valence-electron chi connectivity index (χ2n) is 6.84. The van der Waals surface area contributed by atoms with Crippen molar-refractivity contribution in [1.82, 2.24) is 0 Å². The highest BCUT2D eigenvalue weighted by atomic mass is 16.5. The molecular weight excluding hydrogens is 332 g/mol. The number of carbonyl (C=O) groups is 1. The number of aromatic hydroxyl groups is 2. The van der Waals surface area contributed by atoms with Gasteiger partial charge in [0.15, 0.2) is 11.5 Å². The number of hydrogen-bond acceptors (Lipinski definition) is 4.